The Kier molecular flexibility index (Phi) is 3.67. The molecule has 13 heavy (non-hydrogen) atoms. The summed E-state index contributed by atoms with van der Waals surface area (Å²) in [5.41, 5.74) is 5.64. The molecular weight excluding hydrogens is 170 g/mol. The van der Waals surface area contributed by atoms with Crippen molar-refractivity contribution in [1.82, 2.24) is 0 Å². The van der Waals surface area contributed by atoms with Gasteiger partial charge in [-0.2, -0.15) is 0 Å². The van der Waals surface area contributed by atoms with E-state index in [1.54, 1.807) is 0 Å². The first kappa shape index (κ1) is 10.9. The van der Waals surface area contributed by atoms with Crippen LogP contribution in [0.3, 0.4) is 0 Å². The summed E-state index contributed by atoms with van der Waals surface area (Å²) < 4.78 is 5.49. The Morgan fingerprint density at radius 2 is 1.92 bits per heavy atom. The maximum atomic E-state index is 9.60. The molecule has 0 amide bonds. The lowest BCUT2D eigenvalue weighted by molar-refractivity contribution is -0.175. The zero-order chi connectivity index (χ0) is 10.0. The maximum Gasteiger partial charge on any atom is 0.108 e. The van der Waals surface area contributed by atoms with Crippen molar-refractivity contribution in [3.05, 3.63) is 0 Å². The van der Waals surface area contributed by atoms with E-state index in [9.17, 15) is 10.2 Å². The van der Waals surface area contributed by atoms with Gasteiger partial charge in [-0.15, -0.1) is 0 Å². The third kappa shape index (κ3) is 2.20. The van der Waals surface area contributed by atoms with Crippen LogP contribution >= 0.6 is 0 Å². The molecule has 0 bridgehead atoms. The Hall–Kier alpha value is -0.160. The molecule has 4 N–H and O–H groups in total. The zero-order valence-corrected chi connectivity index (χ0v) is 8.18. The predicted octanol–water partition coefficient (Wildman–Crippen LogP) is -0.377. The van der Waals surface area contributed by atoms with Crippen molar-refractivity contribution in [2.45, 2.75) is 57.1 Å². The minimum absolute atomic E-state index is 0.185. The Balaban J connectivity index is 2.59. The quantitative estimate of drug-likeness (QED) is 0.553. The van der Waals surface area contributed by atoms with Crippen LogP contribution in [0.1, 0.15) is 26.7 Å². The Morgan fingerprint density at radius 3 is 2.46 bits per heavy atom. The van der Waals surface area contributed by atoms with Crippen LogP contribution in [0.25, 0.3) is 0 Å². The molecule has 5 atom stereocenters. The highest BCUT2D eigenvalue weighted by molar-refractivity contribution is 4.92. The fourth-order valence-corrected chi connectivity index (χ4v) is 1.70. The topological polar surface area (TPSA) is 75.7 Å². The number of rotatable bonds is 2. The summed E-state index contributed by atoms with van der Waals surface area (Å²) in [7, 11) is 0. The third-order valence-corrected chi connectivity index (χ3v) is 2.63. The molecule has 78 valence electrons. The van der Waals surface area contributed by atoms with Gasteiger partial charge in [-0.05, 0) is 13.3 Å². The third-order valence-electron chi connectivity index (χ3n) is 2.63. The number of aliphatic hydroxyl groups is 2. The highest BCUT2D eigenvalue weighted by Crippen LogP contribution is 2.22. The van der Waals surface area contributed by atoms with E-state index in [0.29, 0.717) is 0 Å². The molecule has 0 aromatic rings. The lowest BCUT2D eigenvalue weighted by atomic mass is 9.92. The fraction of sp³-hybridized carbons (Fsp3) is 1.00. The van der Waals surface area contributed by atoms with Crippen molar-refractivity contribution in [2.24, 2.45) is 5.73 Å². The highest BCUT2D eigenvalue weighted by Gasteiger charge is 2.39. The van der Waals surface area contributed by atoms with Crippen molar-refractivity contribution in [3.63, 3.8) is 0 Å². The normalized spacial score (nSPS) is 46.4. The molecule has 1 aliphatic rings. The molecule has 0 aromatic carbocycles. The molecule has 4 nitrogen and oxygen atoms in total. The van der Waals surface area contributed by atoms with E-state index in [2.05, 4.69) is 0 Å². The molecule has 0 spiro atoms. The van der Waals surface area contributed by atoms with Gasteiger partial charge in [0.05, 0.1) is 24.4 Å². The van der Waals surface area contributed by atoms with E-state index in [1.165, 1.54) is 0 Å². The van der Waals surface area contributed by atoms with Crippen LogP contribution in [-0.4, -0.2) is 40.7 Å². The SMILES string of the molecule is CCCC1O[C@@H](C)C(N)C(O)[C@H]1O. The van der Waals surface area contributed by atoms with Gasteiger partial charge >= 0.3 is 0 Å². The number of hydrogen-bond acceptors (Lipinski definition) is 4. The van der Waals surface area contributed by atoms with E-state index < -0.39 is 18.2 Å². The van der Waals surface area contributed by atoms with Gasteiger partial charge in [-0.1, -0.05) is 13.3 Å². The molecule has 1 heterocycles. The van der Waals surface area contributed by atoms with Crippen LogP contribution in [0.15, 0.2) is 0 Å². The van der Waals surface area contributed by atoms with Crippen LogP contribution in [-0.2, 0) is 4.74 Å². The van der Waals surface area contributed by atoms with E-state index in [4.69, 9.17) is 10.5 Å². The van der Waals surface area contributed by atoms with Gasteiger partial charge in [0.25, 0.3) is 0 Å². The Bertz CT molecular complexity index is 165. The van der Waals surface area contributed by atoms with Gasteiger partial charge in [0.2, 0.25) is 0 Å². The van der Waals surface area contributed by atoms with Crippen molar-refractivity contribution in [2.75, 3.05) is 0 Å². The molecule has 3 unspecified atom stereocenters. The van der Waals surface area contributed by atoms with E-state index in [1.807, 2.05) is 13.8 Å². The molecule has 0 aromatic heterocycles. The van der Waals surface area contributed by atoms with Crippen molar-refractivity contribution < 1.29 is 14.9 Å². The molecule has 4 heteroatoms. The van der Waals surface area contributed by atoms with E-state index in [0.717, 1.165) is 12.8 Å². The second-order valence-electron chi connectivity index (χ2n) is 3.73. The largest absolute Gasteiger partial charge is 0.389 e. The zero-order valence-electron chi connectivity index (χ0n) is 8.18. The van der Waals surface area contributed by atoms with Crippen LogP contribution in [0.2, 0.25) is 0 Å². The van der Waals surface area contributed by atoms with Crippen molar-refractivity contribution in [1.29, 1.82) is 0 Å². The average Bonchev–Trinajstić information content (AvgIpc) is 2.11. The average molecular weight is 189 g/mol. The van der Waals surface area contributed by atoms with E-state index >= 15 is 0 Å². The number of nitrogens with two attached hydrogens (primary N) is 1. The summed E-state index contributed by atoms with van der Waals surface area (Å²) in [5, 5.41) is 19.2. The van der Waals surface area contributed by atoms with Crippen LogP contribution < -0.4 is 5.73 Å². The standard InChI is InChI=1S/C9H19NO3/c1-3-4-6-8(11)9(12)7(10)5(2)13-6/h5-9,11-12H,3-4,10H2,1-2H3/t5-,6?,7?,8-,9?/m0/s1. The van der Waals surface area contributed by atoms with Gasteiger partial charge in [0.15, 0.2) is 0 Å². The molecule has 1 rings (SSSR count). The monoisotopic (exact) mass is 189 g/mol. The molecule has 0 radical (unpaired) electrons. The minimum Gasteiger partial charge on any atom is -0.389 e. The highest BCUT2D eigenvalue weighted by atomic mass is 16.5. The smallest absolute Gasteiger partial charge is 0.108 e. The van der Waals surface area contributed by atoms with Gasteiger partial charge in [-0.25, -0.2) is 0 Å². The second kappa shape index (κ2) is 4.37. The summed E-state index contributed by atoms with van der Waals surface area (Å²) >= 11 is 0. The molecule has 1 saturated heterocycles. The van der Waals surface area contributed by atoms with Gasteiger partial charge < -0.3 is 20.7 Å². The van der Waals surface area contributed by atoms with Crippen LogP contribution in [0, 0.1) is 0 Å². The second-order valence-corrected chi connectivity index (χ2v) is 3.73. The first-order valence-corrected chi connectivity index (χ1v) is 4.85. The maximum absolute atomic E-state index is 9.60. The number of hydrogen-bond donors (Lipinski definition) is 3. The molecule has 1 fully saturated rings. The lowest BCUT2D eigenvalue weighted by Crippen LogP contribution is -2.60. The van der Waals surface area contributed by atoms with Crippen LogP contribution in [0.4, 0.5) is 0 Å². The molecular formula is C9H19NO3. The minimum atomic E-state index is -0.861. The fourth-order valence-electron chi connectivity index (χ4n) is 1.70. The number of ether oxygens (including phenoxy) is 1. The molecule has 1 aliphatic heterocycles. The van der Waals surface area contributed by atoms with Crippen molar-refractivity contribution >= 4 is 0 Å². The first-order chi connectivity index (χ1) is 6.07. The van der Waals surface area contributed by atoms with Crippen molar-refractivity contribution in [3.8, 4) is 0 Å². The first-order valence-electron chi connectivity index (χ1n) is 4.85. The number of aliphatic hydroxyl groups excluding tert-OH is 2. The molecule has 0 saturated carbocycles. The Morgan fingerprint density at radius 1 is 1.31 bits per heavy atom. The van der Waals surface area contributed by atoms with Crippen LogP contribution in [0.5, 0.6) is 0 Å². The Labute approximate surface area is 78.7 Å². The van der Waals surface area contributed by atoms with Gasteiger partial charge in [-0.3, -0.25) is 0 Å². The summed E-state index contributed by atoms with van der Waals surface area (Å²) in [6.45, 7) is 3.84. The summed E-state index contributed by atoms with van der Waals surface area (Å²) in [6, 6.07) is -0.483. The van der Waals surface area contributed by atoms with E-state index in [-0.39, 0.29) is 12.2 Å². The summed E-state index contributed by atoms with van der Waals surface area (Å²) in [4.78, 5) is 0. The summed E-state index contributed by atoms with van der Waals surface area (Å²) in [5.74, 6) is 0. The van der Waals surface area contributed by atoms with Gasteiger partial charge in [0.1, 0.15) is 6.10 Å². The lowest BCUT2D eigenvalue weighted by Gasteiger charge is -2.40. The molecule has 0 aliphatic carbocycles. The summed E-state index contributed by atoms with van der Waals surface area (Å²) in [6.07, 6.45) is -0.470. The predicted molar refractivity (Wildman–Crippen MR) is 49.2 cm³/mol. The van der Waals surface area contributed by atoms with Gasteiger partial charge in [0, 0.05) is 0 Å².